The van der Waals surface area contributed by atoms with Crippen LogP contribution in [0.15, 0.2) is 36.5 Å². The second kappa shape index (κ2) is 6.31. The van der Waals surface area contributed by atoms with Crippen molar-refractivity contribution in [2.24, 2.45) is 7.05 Å². The van der Waals surface area contributed by atoms with Gasteiger partial charge in [0.05, 0.1) is 17.6 Å². The molecule has 2 aromatic heterocycles. The van der Waals surface area contributed by atoms with Crippen LogP contribution in [-0.4, -0.2) is 26.8 Å². The summed E-state index contributed by atoms with van der Waals surface area (Å²) in [7, 11) is 1.85. The highest BCUT2D eigenvalue weighted by molar-refractivity contribution is 5.95. The molecule has 1 amide bonds. The lowest BCUT2D eigenvalue weighted by molar-refractivity contribution is -0.122. The van der Waals surface area contributed by atoms with Crippen LogP contribution < -0.4 is 10.1 Å². The van der Waals surface area contributed by atoms with Crippen molar-refractivity contribution in [2.75, 3.05) is 5.32 Å². The molecule has 0 radical (unpaired) electrons. The summed E-state index contributed by atoms with van der Waals surface area (Å²) < 4.78 is 7.39. The molecule has 124 valence electrons. The second-order valence-electron chi connectivity index (χ2n) is 5.87. The number of benzene rings is 1. The van der Waals surface area contributed by atoms with Crippen LogP contribution in [0.2, 0.25) is 0 Å². The molecule has 1 unspecified atom stereocenters. The zero-order valence-electron chi connectivity index (χ0n) is 14.2. The fraction of sp³-hybridized carbons (Fsp3) is 0.278. The zero-order valence-corrected chi connectivity index (χ0v) is 14.2. The average molecular weight is 324 g/mol. The molecule has 24 heavy (non-hydrogen) atoms. The van der Waals surface area contributed by atoms with Crippen molar-refractivity contribution < 1.29 is 9.53 Å². The van der Waals surface area contributed by atoms with Crippen LogP contribution in [0.25, 0.3) is 11.0 Å². The average Bonchev–Trinajstić information content (AvgIpc) is 2.84. The van der Waals surface area contributed by atoms with Crippen molar-refractivity contribution in [1.29, 1.82) is 0 Å². The quantitative estimate of drug-likeness (QED) is 0.801. The lowest BCUT2D eigenvalue weighted by Crippen LogP contribution is -2.30. The van der Waals surface area contributed by atoms with Gasteiger partial charge in [0.1, 0.15) is 5.75 Å². The van der Waals surface area contributed by atoms with Crippen LogP contribution in [0.3, 0.4) is 0 Å². The Morgan fingerprint density at radius 1 is 1.25 bits per heavy atom. The third kappa shape index (κ3) is 3.22. The van der Waals surface area contributed by atoms with E-state index in [1.54, 1.807) is 17.8 Å². The Labute approximate surface area is 140 Å². The molecule has 0 spiro atoms. The van der Waals surface area contributed by atoms with E-state index in [4.69, 9.17) is 4.74 Å². The predicted octanol–water partition coefficient (Wildman–Crippen LogP) is 2.99. The van der Waals surface area contributed by atoms with Gasteiger partial charge in [-0.1, -0.05) is 17.7 Å². The van der Waals surface area contributed by atoms with E-state index in [9.17, 15) is 4.79 Å². The van der Waals surface area contributed by atoms with Crippen LogP contribution in [0.5, 0.6) is 5.75 Å². The number of aryl methyl sites for hydroxylation is 3. The number of fused-ring (bicyclic) bond motifs is 1. The maximum absolute atomic E-state index is 12.3. The van der Waals surface area contributed by atoms with Gasteiger partial charge in [-0.05, 0) is 39.0 Å². The molecule has 1 atom stereocenters. The van der Waals surface area contributed by atoms with Crippen LogP contribution >= 0.6 is 0 Å². The van der Waals surface area contributed by atoms with Gasteiger partial charge in [0, 0.05) is 12.4 Å². The molecule has 0 aliphatic carbocycles. The number of amides is 1. The number of aromatic nitrogens is 3. The van der Waals surface area contributed by atoms with Crippen molar-refractivity contribution >= 4 is 22.6 Å². The number of hydrogen-bond donors (Lipinski definition) is 1. The van der Waals surface area contributed by atoms with E-state index >= 15 is 0 Å². The summed E-state index contributed by atoms with van der Waals surface area (Å²) in [5.41, 5.74) is 3.43. The minimum atomic E-state index is -0.613. The van der Waals surface area contributed by atoms with E-state index < -0.39 is 6.10 Å². The third-order valence-corrected chi connectivity index (χ3v) is 3.83. The maximum atomic E-state index is 12.3. The minimum absolute atomic E-state index is 0.224. The SMILES string of the molecule is Cc1ccc(OC(C)C(=O)Nc2cnc3c(c2)c(C)nn3C)cc1. The normalized spacial score (nSPS) is 12.2. The van der Waals surface area contributed by atoms with E-state index in [2.05, 4.69) is 15.4 Å². The minimum Gasteiger partial charge on any atom is -0.481 e. The third-order valence-electron chi connectivity index (χ3n) is 3.83. The van der Waals surface area contributed by atoms with Gasteiger partial charge in [-0.3, -0.25) is 9.48 Å². The summed E-state index contributed by atoms with van der Waals surface area (Å²) in [5, 5.41) is 8.08. The van der Waals surface area contributed by atoms with Gasteiger partial charge in [-0.2, -0.15) is 5.10 Å². The topological polar surface area (TPSA) is 69.0 Å². The van der Waals surface area contributed by atoms with E-state index in [0.29, 0.717) is 11.4 Å². The fourth-order valence-electron chi connectivity index (χ4n) is 2.49. The van der Waals surface area contributed by atoms with Crippen molar-refractivity contribution in [3.63, 3.8) is 0 Å². The van der Waals surface area contributed by atoms with E-state index in [1.807, 2.05) is 51.2 Å². The molecular weight excluding hydrogens is 304 g/mol. The number of carbonyl (C=O) groups is 1. The second-order valence-corrected chi connectivity index (χ2v) is 5.87. The van der Waals surface area contributed by atoms with Gasteiger partial charge < -0.3 is 10.1 Å². The molecule has 0 saturated heterocycles. The van der Waals surface area contributed by atoms with E-state index in [-0.39, 0.29) is 5.91 Å². The molecule has 0 bridgehead atoms. The first kappa shape index (κ1) is 16.0. The molecule has 0 saturated carbocycles. The van der Waals surface area contributed by atoms with Gasteiger partial charge in [0.25, 0.3) is 5.91 Å². The summed E-state index contributed by atoms with van der Waals surface area (Å²) in [6.07, 6.45) is 1.01. The molecular formula is C18H20N4O2. The molecule has 1 aromatic carbocycles. The molecule has 0 fully saturated rings. The molecule has 0 aliphatic rings. The van der Waals surface area contributed by atoms with E-state index in [0.717, 1.165) is 22.3 Å². The Hall–Kier alpha value is -2.89. The lowest BCUT2D eigenvalue weighted by Gasteiger charge is -2.14. The largest absolute Gasteiger partial charge is 0.481 e. The highest BCUT2D eigenvalue weighted by Crippen LogP contribution is 2.20. The van der Waals surface area contributed by atoms with Crippen molar-refractivity contribution in [3.05, 3.63) is 47.8 Å². The standard InChI is InChI=1S/C18H20N4O2/c1-11-5-7-15(8-6-11)24-13(3)18(23)20-14-9-16-12(2)21-22(4)17(16)19-10-14/h5-10,13H,1-4H3,(H,20,23). The maximum Gasteiger partial charge on any atom is 0.265 e. The smallest absolute Gasteiger partial charge is 0.265 e. The summed E-state index contributed by atoms with van der Waals surface area (Å²) in [4.78, 5) is 16.7. The van der Waals surface area contributed by atoms with Gasteiger partial charge in [0.15, 0.2) is 11.8 Å². The number of nitrogens with one attached hydrogen (secondary N) is 1. The molecule has 0 aliphatic heterocycles. The van der Waals surface area contributed by atoms with Crippen LogP contribution in [0.4, 0.5) is 5.69 Å². The molecule has 3 aromatic rings. The van der Waals surface area contributed by atoms with Gasteiger partial charge in [-0.25, -0.2) is 4.98 Å². The van der Waals surface area contributed by atoms with Gasteiger partial charge >= 0.3 is 0 Å². The number of anilines is 1. The summed E-state index contributed by atoms with van der Waals surface area (Å²) in [6, 6.07) is 9.48. The summed E-state index contributed by atoms with van der Waals surface area (Å²) >= 11 is 0. The highest BCUT2D eigenvalue weighted by Gasteiger charge is 2.16. The monoisotopic (exact) mass is 324 g/mol. The molecule has 6 heteroatoms. The summed E-state index contributed by atoms with van der Waals surface area (Å²) in [6.45, 7) is 5.64. The Bertz CT molecular complexity index is 884. The molecule has 1 N–H and O–H groups in total. The molecule has 2 heterocycles. The van der Waals surface area contributed by atoms with E-state index in [1.165, 1.54) is 0 Å². The van der Waals surface area contributed by atoms with Crippen LogP contribution in [0.1, 0.15) is 18.2 Å². The Morgan fingerprint density at radius 2 is 1.96 bits per heavy atom. The van der Waals surface area contributed by atoms with Crippen molar-refractivity contribution in [3.8, 4) is 5.75 Å². The Morgan fingerprint density at radius 3 is 2.67 bits per heavy atom. The number of nitrogens with zero attached hydrogens (tertiary/aromatic N) is 3. The number of pyridine rings is 1. The number of carbonyl (C=O) groups excluding carboxylic acids is 1. The van der Waals surface area contributed by atoms with Crippen LogP contribution in [-0.2, 0) is 11.8 Å². The first-order valence-corrected chi connectivity index (χ1v) is 7.77. The first-order valence-electron chi connectivity index (χ1n) is 7.77. The van der Waals surface area contributed by atoms with Gasteiger partial charge in [-0.15, -0.1) is 0 Å². The molecule has 6 nitrogen and oxygen atoms in total. The molecule has 3 rings (SSSR count). The Kier molecular flexibility index (Phi) is 4.20. The summed E-state index contributed by atoms with van der Waals surface area (Å²) in [5.74, 6) is 0.443. The van der Waals surface area contributed by atoms with Crippen molar-refractivity contribution in [1.82, 2.24) is 14.8 Å². The van der Waals surface area contributed by atoms with Gasteiger partial charge in [0.2, 0.25) is 0 Å². The Balaban J connectivity index is 1.71. The number of rotatable bonds is 4. The lowest BCUT2D eigenvalue weighted by atomic mass is 10.2. The highest BCUT2D eigenvalue weighted by atomic mass is 16.5. The number of hydrogen-bond acceptors (Lipinski definition) is 4. The first-order chi connectivity index (χ1) is 11.4. The van der Waals surface area contributed by atoms with Crippen molar-refractivity contribution in [2.45, 2.75) is 26.9 Å². The fourth-order valence-corrected chi connectivity index (χ4v) is 2.49. The zero-order chi connectivity index (χ0) is 17.3. The van der Waals surface area contributed by atoms with Crippen LogP contribution in [0, 0.1) is 13.8 Å². The predicted molar refractivity (Wildman–Crippen MR) is 93.1 cm³/mol. The number of ether oxygens (including phenoxy) is 1.